The summed E-state index contributed by atoms with van der Waals surface area (Å²) in [5.74, 6) is -6.71. The number of carbonyl (C=O) groups excluding carboxylic acids is 5. The van der Waals surface area contributed by atoms with Gasteiger partial charge in [-0.05, 0) is 49.9 Å². The first-order valence-corrected chi connectivity index (χ1v) is 14.4. The monoisotopic (exact) mass is 554 g/mol. The highest BCUT2D eigenvalue weighted by atomic mass is 16.5. The number of benzene rings is 2. The minimum Gasteiger partial charge on any atom is -0.463 e. The van der Waals surface area contributed by atoms with Crippen LogP contribution in [0.4, 0.5) is 11.4 Å². The van der Waals surface area contributed by atoms with Crippen LogP contribution in [0.5, 0.6) is 0 Å². The highest BCUT2D eigenvalue weighted by Crippen LogP contribution is 2.69. The Morgan fingerprint density at radius 1 is 0.732 bits per heavy atom. The summed E-state index contributed by atoms with van der Waals surface area (Å²) >= 11 is 0. The van der Waals surface area contributed by atoms with Gasteiger partial charge in [0.2, 0.25) is 23.6 Å². The van der Waals surface area contributed by atoms with Crippen LogP contribution in [0.1, 0.15) is 45.7 Å². The lowest BCUT2D eigenvalue weighted by atomic mass is 9.43. The van der Waals surface area contributed by atoms with E-state index in [-0.39, 0.29) is 24.0 Å². The molecule has 0 radical (unpaired) electrons. The molecule has 2 unspecified atom stereocenters. The van der Waals surface area contributed by atoms with Crippen molar-refractivity contribution in [3.63, 3.8) is 0 Å². The molecule has 2 heterocycles. The van der Waals surface area contributed by atoms with E-state index >= 15 is 0 Å². The van der Waals surface area contributed by atoms with Crippen molar-refractivity contribution >= 4 is 41.0 Å². The van der Waals surface area contributed by atoms with Gasteiger partial charge >= 0.3 is 5.97 Å². The number of para-hydroxylation sites is 2. The molecule has 0 N–H and O–H groups in total. The van der Waals surface area contributed by atoms with Gasteiger partial charge in [-0.25, -0.2) is 14.6 Å². The fourth-order valence-corrected chi connectivity index (χ4v) is 8.34. The number of ether oxygens (including phenoxy) is 1. The molecular formula is C33H34N2O6. The maximum atomic E-state index is 14.4. The number of carbonyl (C=O) groups is 5. The molecule has 2 saturated heterocycles. The molecule has 3 aliphatic carbocycles. The first-order valence-electron chi connectivity index (χ1n) is 14.4. The molecule has 7 rings (SSSR count). The normalized spacial score (nSPS) is 30.3. The second kappa shape index (κ2) is 9.50. The molecule has 3 fully saturated rings. The zero-order valence-corrected chi connectivity index (χ0v) is 24.0. The molecule has 8 nitrogen and oxygen atoms in total. The molecular weight excluding hydrogens is 520 g/mol. The number of allylic oxidation sites excluding steroid dienone is 1. The number of esters is 1. The molecule has 5 aliphatic rings. The molecule has 212 valence electrons. The quantitative estimate of drug-likeness (QED) is 0.391. The van der Waals surface area contributed by atoms with E-state index in [0.29, 0.717) is 29.8 Å². The number of anilines is 2. The third-order valence-electron chi connectivity index (χ3n) is 9.91. The van der Waals surface area contributed by atoms with Crippen molar-refractivity contribution < 1.29 is 28.7 Å². The summed E-state index contributed by atoms with van der Waals surface area (Å²) in [6.07, 6.45) is 1.23. The predicted molar refractivity (Wildman–Crippen MR) is 152 cm³/mol. The van der Waals surface area contributed by atoms with E-state index in [1.807, 2.05) is 38.1 Å². The van der Waals surface area contributed by atoms with E-state index in [4.69, 9.17) is 4.74 Å². The van der Waals surface area contributed by atoms with Gasteiger partial charge in [-0.3, -0.25) is 19.2 Å². The molecule has 6 atom stereocenters. The van der Waals surface area contributed by atoms with Gasteiger partial charge < -0.3 is 4.74 Å². The summed E-state index contributed by atoms with van der Waals surface area (Å²) < 4.78 is 5.47. The number of amides is 4. The summed E-state index contributed by atoms with van der Waals surface area (Å²) in [4.78, 5) is 73.4. The summed E-state index contributed by atoms with van der Waals surface area (Å²) in [6.45, 7) is 9.19. The van der Waals surface area contributed by atoms with Crippen LogP contribution in [0.2, 0.25) is 0 Å². The van der Waals surface area contributed by atoms with Crippen molar-refractivity contribution in [2.24, 2.45) is 35.0 Å². The lowest BCUT2D eigenvalue weighted by Gasteiger charge is -2.55. The molecule has 4 amide bonds. The Balaban J connectivity index is 1.56. The van der Waals surface area contributed by atoms with Crippen LogP contribution in [0, 0.1) is 35.0 Å². The van der Waals surface area contributed by atoms with E-state index in [2.05, 4.69) is 0 Å². The molecule has 0 spiro atoms. The van der Waals surface area contributed by atoms with Gasteiger partial charge in [-0.15, -0.1) is 0 Å². The number of imide groups is 2. The Bertz CT molecular complexity index is 1460. The lowest BCUT2D eigenvalue weighted by Crippen LogP contribution is -2.61. The minimum atomic E-state index is -1.41. The second-order valence-electron chi connectivity index (χ2n) is 11.6. The maximum Gasteiger partial charge on any atom is 0.334 e. The zero-order chi connectivity index (χ0) is 29.4. The van der Waals surface area contributed by atoms with E-state index in [1.54, 1.807) is 45.0 Å². The summed E-state index contributed by atoms with van der Waals surface area (Å²) in [5.41, 5.74) is 2.12. The van der Waals surface area contributed by atoms with Gasteiger partial charge in [0.15, 0.2) is 0 Å². The Morgan fingerprint density at radius 3 is 1.59 bits per heavy atom. The minimum absolute atomic E-state index is 0.115. The molecule has 41 heavy (non-hydrogen) atoms. The van der Waals surface area contributed by atoms with Crippen molar-refractivity contribution in [2.45, 2.75) is 47.5 Å². The Hall–Kier alpha value is -4.07. The first-order chi connectivity index (χ1) is 19.6. The third kappa shape index (κ3) is 3.36. The summed E-state index contributed by atoms with van der Waals surface area (Å²) in [5, 5.41) is 0. The number of rotatable bonds is 6. The summed E-state index contributed by atoms with van der Waals surface area (Å²) in [7, 11) is 0. The number of hydrogen-bond acceptors (Lipinski definition) is 6. The average molecular weight is 555 g/mol. The number of nitrogens with zero attached hydrogens (tertiary/aromatic N) is 2. The maximum absolute atomic E-state index is 14.4. The second-order valence-corrected chi connectivity index (χ2v) is 11.6. The lowest BCUT2D eigenvalue weighted by molar-refractivity contribution is -0.155. The third-order valence-corrected chi connectivity index (χ3v) is 9.91. The average Bonchev–Trinajstić information content (AvgIpc) is 3.39. The van der Waals surface area contributed by atoms with Crippen LogP contribution >= 0.6 is 0 Å². The van der Waals surface area contributed by atoms with Crippen molar-refractivity contribution in [2.75, 3.05) is 16.4 Å². The van der Waals surface area contributed by atoms with E-state index in [9.17, 15) is 24.0 Å². The standard InChI is InChI=1S/C33H34N2O6/c1-6-18-13-9-11-15-20(18)34-28(36)23-22-17(4)25(32(40)41-8-3)33(5,26(23)30(34)38)27-24(22)29(37)35(31(27)39)21-16-12-10-14-19(21)7-2/h9-16,22-24,26-27H,6-8H2,1-5H3/t22?,23-,24+,26-,27-,33?/m1/s1. The van der Waals surface area contributed by atoms with Gasteiger partial charge in [0.25, 0.3) is 0 Å². The topological polar surface area (TPSA) is 101 Å². The highest BCUT2D eigenvalue weighted by molar-refractivity contribution is 6.28. The van der Waals surface area contributed by atoms with Gasteiger partial charge in [0, 0.05) is 16.9 Å². The molecule has 1 saturated carbocycles. The van der Waals surface area contributed by atoms with Crippen LogP contribution < -0.4 is 9.80 Å². The fourth-order valence-electron chi connectivity index (χ4n) is 8.34. The first kappa shape index (κ1) is 27.1. The van der Waals surface area contributed by atoms with Crippen LogP contribution in [-0.2, 0) is 41.6 Å². The van der Waals surface area contributed by atoms with Crippen molar-refractivity contribution in [1.82, 2.24) is 0 Å². The predicted octanol–water partition coefficient (Wildman–Crippen LogP) is 4.25. The van der Waals surface area contributed by atoms with Crippen LogP contribution in [0.15, 0.2) is 59.7 Å². The van der Waals surface area contributed by atoms with E-state index in [1.165, 1.54) is 9.80 Å². The van der Waals surface area contributed by atoms with Crippen LogP contribution in [0.3, 0.4) is 0 Å². The molecule has 8 heteroatoms. The van der Waals surface area contributed by atoms with Crippen LogP contribution in [0.25, 0.3) is 0 Å². The zero-order valence-electron chi connectivity index (χ0n) is 24.0. The highest BCUT2D eigenvalue weighted by Gasteiger charge is 2.77. The Morgan fingerprint density at radius 2 is 1.17 bits per heavy atom. The smallest absolute Gasteiger partial charge is 0.334 e. The summed E-state index contributed by atoms with van der Waals surface area (Å²) in [6, 6.07) is 14.6. The van der Waals surface area contributed by atoms with Crippen LogP contribution in [-0.4, -0.2) is 36.2 Å². The Labute approximate surface area is 239 Å². The fraction of sp³-hybridized carbons (Fsp3) is 0.424. The molecule has 2 aromatic carbocycles. The van der Waals surface area contributed by atoms with Gasteiger partial charge in [0.1, 0.15) is 0 Å². The van der Waals surface area contributed by atoms with Gasteiger partial charge in [-0.2, -0.15) is 0 Å². The van der Waals surface area contributed by atoms with Crippen molar-refractivity contribution in [3.8, 4) is 0 Å². The molecule has 2 bridgehead atoms. The SMILES string of the molecule is CCOC(=O)C1=C(C)C2[C@H]3C(=O)N(c4ccccc4CC)C(=O)[C@@H]3C1(C)[C@H]1C(=O)N(c3ccccc3CC)C(=O)[C@@H]21. The van der Waals surface area contributed by atoms with E-state index < -0.39 is 52.8 Å². The molecule has 2 aliphatic heterocycles. The number of hydrogen-bond donors (Lipinski definition) is 0. The largest absolute Gasteiger partial charge is 0.463 e. The van der Waals surface area contributed by atoms with E-state index in [0.717, 1.165) is 11.1 Å². The van der Waals surface area contributed by atoms with Gasteiger partial charge in [0.05, 0.1) is 41.7 Å². The Kier molecular flexibility index (Phi) is 6.28. The molecule has 2 aromatic rings. The number of aryl methyl sites for hydroxylation is 2. The van der Waals surface area contributed by atoms with Crippen molar-refractivity contribution in [3.05, 3.63) is 70.8 Å². The van der Waals surface area contributed by atoms with Crippen molar-refractivity contribution in [1.29, 1.82) is 0 Å². The van der Waals surface area contributed by atoms with Gasteiger partial charge in [-0.1, -0.05) is 62.7 Å². The molecule has 0 aromatic heterocycles.